The predicted molar refractivity (Wildman–Crippen MR) is 73.3 cm³/mol. The van der Waals surface area contributed by atoms with Gasteiger partial charge < -0.3 is 4.74 Å². The molecule has 0 atom stereocenters. The first kappa shape index (κ1) is 13.9. The lowest BCUT2D eigenvalue weighted by atomic mass is 10.1. The predicted octanol–water partition coefficient (Wildman–Crippen LogP) is 3.60. The fourth-order valence-electron chi connectivity index (χ4n) is 2.01. The summed E-state index contributed by atoms with van der Waals surface area (Å²) in [6.07, 6.45) is 6.28. The molecule has 6 heteroatoms. The SMILES string of the molecule is CCCOc1nc(Cl)nc(SCC2CCCC2)n1. The van der Waals surface area contributed by atoms with Gasteiger partial charge in [0.2, 0.25) is 5.28 Å². The molecular weight excluding hydrogens is 270 g/mol. The quantitative estimate of drug-likeness (QED) is 0.748. The third-order valence-electron chi connectivity index (χ3n) is 2.93. The van der Waals surface area contributed by atoms with Gasteiger partial charge >= 0.3 is 6.01 Å². The van der Waals surface area contributed by atoms with Crippen molar-refractivity contribution >= 4 is 23.4 Å². The van der Waals surface area contributed by atoms with E-state index in [0.29, 0.717) is 17.8 Å². The van der Waals surface area contributed by atoms with Crippen LogP contribution < -0.4 is 4.74 Å². The van der Waals surface area contributed by atoms with Crippen LogP contribution in [-0.4, -0.2) is 27.3 Å². The highest BCUT2D eigenvalue weighted by atomic mass is 35.5. The molecule has 1 aromatic heterocycles. The Labute approximate surface area is 117 Å². The van der Waals surface area contributed by atoms with Gasteiger partial charge in [-0.3, -0.25) is 0 Å². The molecule has 0 N–H and O–H groups in total. The molecule has 0 bridgehead atoms. The second-order valence-electron chi connectivity index (χ2n) is 4.48. The summed E-state index contributed by atoms with van der Waals surface area (Å²) in [6.45, 7) is 2.64. The molecule has 0 spiro atoms. The topological polar surface area (TPSA) is 47.9 Å². The van der Waals surface area contributed by atoms with Gasteiger partial charge in [-0.1, -0.05) is 31.5 Å². The zero-order valence-electron chi connectivity index (χ0n) is 10.6. The largest absolute Gasteiger partial charge is 0.463 e. The van der Waals surface area contributed by atoms with E-state index in [1.54, 1.807) is 11.8 Å². The molecule has 1 saturated carbocycles. The van der Waals surface area contributed by atoms with Crippen LogP contribution in [0.4, 0.5) is 0 Å². The number of ether oxygens (including phenoxy) is 1. The molecule has 0 saturated heterocycles. The highest BCUT2D eigenvalue weighted by Crippen LogP contribution is 2.30. The average Bonchev–Trinajstić information content (AvgIpc) is 2.86. The van der Waals surface area contributed by atoms with Gasteiger partial charge in [-0.2, -0.15) is 15.0 Å². The molecule has 100 valence electrons. The van der Waals surface area contributed by atoms with Crippen molar-refractivity contribution in [3.8, 4) is 6.01 Å². The summed E-state index contributed by atoms with van der Waals surface area (Å²) in [5, 5.41) is 0.887. The summed E-state index contributed by atoms with van der Waals surface area (Å²) >= 11 is 7.52. The molecule has 0 aromatic carbocycles. The van der Waals surface area contributed by atoms with Gasteiger partial charge in [0.25, 0.3) is 0 Å². The molecular formula is C12H18ClN3OS. The molecule has 1 aliphatic carbocycles. The van der Waals surface area contributed by atoms with Gasteiger partial charge in [-0.05, 0) is 36.8 Å². The third kappa shape index (κ3) is 4.28. The molecule has 1 fully saturated rings. The van der Waals surface area contributed by atoms with E-state index in [1.807, 2.05) is 6.92 Å². The molecule has 4 nitrogen and oxygen atoms in total. The third-order valence-corrected chi connectivity index (χ3v) is 4.17. The van der Waals surface area contributed by atoms with Gasteiger partial charge in [0, 0.05) is 5.75 Å². The van der Waals surface area contributed by atoms with Crippen molar-refractivity contribution in [2.75, 3.05) is 12.4 Å². The Kier molecular flexibility index (Phi) is 5.50. The Balaban J connectivity index is 1.91. The number of rotatable bonds is 6. The Morgan fingerprint density at radius 2 is 2.06 bits per heavy atom. The fraction of sp³-hybridized carbons (Fsp3) is 0.750. The fourth-order valence-corrected chi connectivity index (χ4v) is 3.22. The van der Waals surface area contributed by atoms with Gasteiger partial charge in [0.1, 0.15) is 0 Å². The van der Waals surface area contributed by atoms with E-state index >= 15 is 0 Å². The normalized spacial score (nSPS) is 16.1. The molecule has 1 aliphatic rings. The van der Waals surface area contributed by atoms with Crippen LogP contribution >= 0.6 is 23.4 Å². The minimum Gasteiger partial charge on any atom is -0.463 e. The van der Waals surface area contributed by atoms with Crippen molar-refractivity contribution in [1.82, 2.24) is 15.0 Å². The maximum Gasteiger partial charge on any atom is 0.321 e. The van der Waals surface area contributed by atoms with Crippen LogP contribution in [0.5, 0.6) is 6.01 Å². The molecule has 0 radical (unpaired) electrons. The van der Waals surface area contributed by atoms with Gasteiger partial charge in [-0.15, -0.1) is 0 Å². The highest BCUT2D eigenvalue weighted by molar-refractivity contribution is 7.99. The van der Waals surface area contributed by atoms with Crippen molar-refractivity contribution in [3.05, 3.63) is 5.28 Å². The van der Waals surface area contributed by atoms with Gasteiger partial charge in [-0.25, -0.2) is 0 Å². The number of thioether (sulfide) groups is 1. The number of hydrogen-bond donors (Lipinski definition) is 0. The maximum absolute atomic E-state index is 5.87. The Morgan fingerprint density at radius 3 is 2.78 bits per heavy atom. The minimum absolute atomic E-state index is 0.213. The van der Waals surface area contributed by atoms with Crippen LogP contribution in [0.2, 0.25) is 5.28 Å². The lowest BCUT2D eigenvalue weighted by molar-refractivity contribution is 0.288. The lowest BCUT2D eigenvalue weighted by Crippen LogP contribution is -2.04. The monoisotopic (exact) mass is 287 g/mol. The minimum atomic E-state index is 0.213. The van der Waals surface area contributed by atoms with Gasteiger partial charge in [0.15, 0.2) is 5.16 Å². The standard InChI is InChI=1S/C12H18ClN3OS/c1-2-7-17-11-14-10(13)15-12(16-11)18-8-9-5-3-4-6-9/h9H,2-8H2,1H3. The smallest absolute Gasteiger partial charge is 0.321 e. The van der Waals surface area contributed by atoms with Crippen LogP contribution in [0.1, 0.15) is 39.0 Å². The zero-order chi connectivity index (χ0) is 12.8. The molecule has 2 rings (SSSR count). The van der Waals surface area contributed by atoms with Crippen LogP contribution in [0.15, 0.2) is 5.16 Å². The number of hydrogen-bond acceptors (Lipinski definition) is 5. The Bertz CT molecular complexity index is 386. The van der Waals surface area contributed by atoms with Crippen LogP contribution in [0, 0.1) is 5.92 Å². The first-order valence-corrected chi connectivity index (χ1v) is 7.81. The number of nitrogens with zero attached hydrogens (tertiary/aromatic N) is 3. The van der Waals surface area contributed by atoms with E-state index in [9.17, 15) is 0 Å². The highest BCUT2D eigenvalue weighted by Gasteiger charge is 2.16. The summed E-state index contributed by atoms with van der Waals surface area (Å²) in [6, 6.07) is 0.339. The van der Waals surface area contributed by atoms with Crippen molar-refractivity contribution in [2.45, 2.75) is 44.2 Å². The summed E-state index contributed by atoms with van der Waals surface area (Å²) in [5.74, 6) is 1.86. The molecule has 18 heavy (non-hydrogen) atoms. The van der Waals surface area contributed by atoms with E-state index in [1.165, 1.54) is 25.7 Å². The molecule has 1 aromatic rings. The zero-order valence-corrected chi connectivity index (χ0v) is 12.1. The van der Waals surface area contributed by atoms with Crippen LogP contribution in [0.25, 0.3) is 0 Å². The van der Waals surface area contributed by atoms with Crippen molar-refractivity contribution in [1.29, 1.82) is 0 Å². The second kappa shape index (κ2) is 7.14. The average molecular weight is 288 g/mol. The molecule has 0 aliphatic heterocycles. The lowest BCUT2D eigenvalue weighted by Gasteiger charge is -2.08. The molecule has 1 heterocycles. The Hall–Kier alpha value is -0.550. The number of aromatic nitrogens is 3. The van der Waals surface area contributed by atoms with Crippen molar-refractivity contribution < 1.29 is 4.74 Å². The van der Waals surface area contributed by atoms with E-state index < -0.39 is 0 Å². The van der Waals surface area contributed by atoms with Crippen LogP contribution in [-0.2, 0) is 0 Å². The van der Waals surface area contributed by atoms with Crippen molar-refractivity contribution in [3.63, 3.8) is 0 Å². The summed E-state index contributed by atoms with van der Waals surface area (Å²) in [4.78, 5) is 12.4. The van der Waals surface area contributed by atoms with Gasteiger partial charge in [0.05, 0.1) is 6.61 Å². The van der Waals surface area contributed by atoms with Crippen molar-refractivity contribution in [2.24, 2.45) is 5.92 Å². The van der Waals surface area contributed by atoms with Crippen LogP contribution in [0.3, 0.4) is 0 Å². The first-order valence-electron chi connectivity index (χ1n) is 6.45. The summed E-state index contributed by atoms with van der Waals surface area (Å²) in [5.41, 5.74) is 0. The molecule has 0 amide bonds. The summed E-state index contributed by atoms with van der Waals surface area (Å²) in [7, 11) is 0. The van der Waals surface area contributed by atoms with E-state index in [0.717, 1.165) is 18.1 Å². The summed E-state index contributed by atoms with van der Waals surface area (Å²) < 4.78 is 5.39. The Morgan fingerprint density at radius 1 is 1.28 bits per heavy atom. The number of halogens is 1. The maximum atomic E-state index is 5.87. The van der Waals surface area contributed by atoms with E-state index in [-0.39, 0.29) is 5.28 Å². The second-order valence-corrected chi connectivity index (χ2v) is 5.80. The van der Waals surface area contributed by atoms with E-state index in [2.05, 4.69) is 15.0 Å². The first-order chi connectivity index (χ1) is 8.78. The molecule has 0 unspecified atom stereocenters. The van der Waals surface area contributed by atoms with E-state index in [4.69, 9.17) is 16.3 Å².